The molecule has 10 nitrogen and oxygen atoms in total. The van der Waals surface area contributed by atoms with Gasteiger partial charge in [-0.1, -0.05) is 6.07 Å². The van der Waals surface area contributed by atoms with Crippen molar-refractivity contribution in [3.63, 3.8) is 0 Å². The summed E-state index contributed by atoms with van der Waals surface area (Å²) in [4.78, 5) is 65.1. The van der Waals surface area contributed by atoms with E-state index in [4.69, 9.17) is 4.74 Å². The number of imide groups is 2. The van der Waals surface area contributed by atoms with Crippen LogP contribution < -0.4 is 10.6 Å². The quantitative estimate of drug-likeness (QED) is 0.560. The Hall–Kier alpha value is -3.43. The van der Waals surface area contributed by atoms with Gasteiger partial charge in [0.1, 0.15) is 11.6 Å². The van der Waals surface area contributed by atoms with Crippen molar-refractivity contribution >= 4 is 35.4 Å². The number of piperidine rings is 1. The van der Waals surface area contributed by atoms with Gasteiger partial charge in [0.05, 0.1) is 11.1 Å². The van der Waals surface area contributed by atoms with E-state index in [1.165, 1.54) is 0 Å². The van der Waals surface area contributed by atoms with E-state index < -0.39 is 35.3 Å². The number of nitrogens with one attached hydrogen (secondary N) is 2. The minimum atomic E-state index is -0.980. The highest BCUT2D eigenvalue weighted by Gasteiger charge is 2.45. The minimum absolute atomic E-state index is 0.0880. The summed E-state index contributed by atoms with van der Waals surface area (Å²) >= 11 is 0. The predicted molar refractivity (Wildman–Crippen MR) is 136 cm³/mol. The molecule has 2 fully saturated rings. The Bertz CT molecular complexity index is 1100. The fourth-order valence-electron chi connectivity index (χ4n) is 5.38. The van der Waals surface area contributed by atoms with Crippen molar-refractivity contribution < 1.29 is 28.7 Å². The zero-order valence-electron chi connectivity index (χ0n) is 22.0. The lowest BCUT2D eigenvalue weighted by molar-refractivity contribution is -0.136. The molecule has 200 valence electrons. The Morgan fingerprint density at radius 1 is 1.08 bits per heavy atom. The first-order valence-electron chi connectivity index (χ1n) is 13.0. The van der Waals surface area contributed by atoms with Crippen LogP contribution in [0.4, 0.5) is 10.5 Å². The Morgan fingerprint density at radius 2 is 1.78 bits per heavy atom. The number of amides is 5. The molecule has 0 radical (unpaired) electrons. The van der Waals surface area contributed by atoms with Crippen LogP contribution in [0.5, 0.6) is 0 Å². The van der Waals surface area contributed by atoms with Crippen LogP contribution in [0, 0.1) is 5.92 Å². The molecule has 0 aromatic heterocycles. The van der Waals surface area contributed by atoms with E-state index in [0.717, 1.165) is 37.0 Å². The monoisotopic (exact) mass is 512 g/mol. The Labute approximate surface area is 217 Å². The summed E-state index contributed by atoms with van der Waals surface area (Å²) in [7, 11) is 1.80. The normalized spacial score (nSPS) is 24.0. The van der Waals surface area contributed by atoms with E-state index in [0.29, 0.717) is 18.2 Å². The summed E-state index contributed by atoms with van der Waals surface area (Å²) in [6, 6.07) is 4.27. The van der Waals surface area contributed by atoms with Crippen molar-refractivity contribution in [1.29, 1.82) is 0 Å². The van der Waals surface area contributed by atoms with Gasteiger partial charge in [-0.05, 0) is 77.3 Å². The van der Waals surface area contributed by atoms with Gasteiger partial charge in [0.15, 0.2) is 0 Å². The number of benzene rings is 1. The highest BCUT2D eigenvalue weighted by atomic mass is 16.6. The van der Waals surface area contributed by atoms with Crippen LogP contribution in [0.1, 0.15) is 86.4 Å². The van der Waals surface area contributed by atoms with Gasteiger partial charge < -0.3 is 15.0 Å². The summed E-state index contributed by atoms with van der Waals surface area (Å²) in [6.07, 6.45) is 4.63. The Balaban J connectivity index is 1.31. The van der Waals surface area contributed by atoms with Crippen molar-refractivity contribution in [3.8, 4) is 0 Å². The van der Waals surface area contributed by atoms with Crippen LogP contribution >= 0.6 is 0 Å². The average Bonchev–Trinajstić information content (AvgIpc) is 3.09. The third-order valence-electron chi connectivity index (χ3n) is 7.38. The fraction of sp³-hybridized carbons (Fsp3) is 0.593. The van der Waals surface area contributed by atoms with E-state index in [-0.39, 0.29) is 36.1 Å². The lowest BCUT2D eigenvalue weighted by atomic mass is 9.83. The molecular formula is C27H36N4O6. The summed E-state index contributed by atoms with van der Waals surface area (Å²) in [6.45, 7) is 6.22. The second-order valence-electron chi connectivity index (χ2n) is 11.2. The molecule has 1 unspecified atom stereocenters. The number of ether oxygens (including phenoxy) is 1. The maximum absolute atomic E-state index is 13.2. The van der Waals surface area contributed by atoms with Crippen LogP contribution in [-0.4, -0.2) is 70.8 Å². The third kappa shape index (κ3) is 5.78. The number of rotatable bonds is 6. The maximum atomic E-state index is 13.2. The Morgan fingerprint density at radius 3 is 2.43 bits per heavy atom. The summed E-state index contributed by atoms with van der Waals surface area (Å²) in [5, 5.41) is 5.54. The molecule has 1 saturated carbocycles. The smallest absolute Gasteiger partial charge is 0.410 e. The average molecular weight is 513 g/mol. The summed E-state index contributed by atoms with van der Waals surface area (Å²) < 4.78 is 5.49. The topological polar surface area (TPSA) is 125 Å². The molecule has 2 N–H and O–H groups in total. The van der Waals surface area contributed by atoms with Crippen LogP contribution in [0.2, 0.25) is 0 Å². The number of carbonyl (C=O) groups is 5. The SMILES string of the molecule is CN(C(=O)OC(C)(C)C)C1CCC(CCNc2cccc3c2C(=O)N(C2CCC(=O)NC2=O)C3=O)CC1. The van der Waals surface area contributed by atoms with E-state index in [2.05, 4.69) is 10.6 Å². The first-order valence-corrected chi connectivity index (χ1v) is 13.0. The molecule has 0 spiro atoms. The second kappa shape index (κ2) is 10.5. The molecule has 2 aliphatic heterocycles. The van der Waals surface area contributed by atoms with Gasteiger partial charge in [0, 0.05) is 31.7 Å². The van der Waals surface area contributed by atoms with E-state index >= 15 is 0 Å². The number of hydrogen-bond donors (Lipinski definition) is 2. The van der Waals surface area contributed by atoms with Gasteiger partial charge in [-0.25, -0.2) is 4.79 Å². The molecule has 4 rings (SSSR count). The van der Waals surface area contributed by atoms with Crippen molar-refractivity contribution in [1.82, 2.24) is 15.1 Å². The third-order valence-corrected chi connectivity index (χ3v) is 7.38. The molecule has 10 heteroatoms. The van der Waals surface area contributed by atoms with E-state index in [1.807, 2.05) is 20.8 Å². The molecule has 1 aromatic rings. The standard InChI is InChI=1S/C27H36N4O6/c1-27(2,3)37-26(36)30(4)17-10-8-16(9-11-17)14-15-28-19-7-5-6-18-22(19)25(35)31(24(18)34)20-12-13-21(32)29-23(20)33/h5-7,16-17,20,28H,8-15H2,1-4H3,(H,29,32,33). The Kier molecular flexibility index (Phi) is 7.57. The number of fused-ring (bicyclic) bond motifs is 1. The molecule has 37 heavy (non-hydrogen) atoms. The van der Waals surface area contributed by atoms with Crippen LogP contribution in [0.25, 0.3) is 0 Å². The number of anilines is 1. The molecular weight excluding hydrogens is 476 g/mol. The highest BCUT2D eigenvalue weighted by Crippen LogP contribution is 2.33. The number of nitrogens with zero attached hydrogens (tertiary/aromatic N) is 2. The molecule has 0 bridgehead atoms. The van der Waals surface area contributed by atoms with Gasteiger partial charge in [0.25, 0.3) is 11.8 Å². The molecule has 2 heterocycles. The molecule has 1 saturated heterocycles. The van der Waals surface area contributed by atoms with Crippen molar-refractivity contribution in [2.24, 2.45) is 5.92 Å². The number of hydrogen-bond acceptors (Lipinski definition) is 7. The van der Waals surface area contributed by atoms with Gasteiger partial charge in [0.2, 0.25) is 11.8 Å². The van der Waals surface area contributed by atoms with Gasteiger partial charge in [-0.3, -0.25) is 29.4 Å². The van der Waals surface area contributed by atoms with Gasteiger partial charge in [-0.2, -0.15) is 0 Å². The maximum Gasteiger partial charge on any atom is 0.410 e. The lowest BCUT2D eigenvalue weighted by Crippen LogP contribution is -2.54. The van der Waals surface area contributed by atoms with Crippen molar-refractivity contribution in [2.45, 2.75) is 83.4 Å². The fourth-order valence-corrected chi connectivity index (χ4v) is 5.38. The molecule has 5 amide bonds. The number of carbonyl (C=O) groups excluding carboxylic acids is 5. The second-order valence-corrected chi connectivity index (χ2v) is 11.2. The minimum Gasteiger partial charge on any atom is -0.444 e. The van der Waals surface area contributed by atoms with E-state index in [9.17, 15) is 24.0 Å². The molecule has 1 atom stereocenters. The first kappa shape index (κ1) is 26.6. The summed E-state index contributed by atoms with van der Waals surface area (Å²) in [5.74, 6) is -1.54. The van der Waals surface area contributed by atoms with Crippen molar-refractivity contribution in [2.75, 3.05) is 18.9 Å². The van der Waals surface area contributed by atoms with Crippen molar-refractivity contribution in [3.05, 3.63) is 29.3 Å². The molecule has 1 aromatic carbocycles. The summed E-state index contributed by atoms with van der Waals surface area (Å²) in [5.41, 5.74) is 0.603. The molecule has 1 aliphatic carbocycles. The largest absolute Gasteiger partial charge is 0.444 e. The molecule has 3 aliphatic rings. The van der Waals surface area contributed by atoms with Crippen LogP contribution in [0.3, 0.4) is 0 Å². The van der Waals surface area contributed by atoms with E-state index in [1.54, 1.807) is 30.1 Å². The van der Waals surface area contributed by atoms with Crippen LogP contribution in [0.15, 0.2) is 18.2 Å². The van der Waals surface area contributed by atoms with Crippen LogP contribution in [-0.2, 0) is 14.3 Å². The predicted octanol–water partition coefficient (Wildman–Crippen LogP) is 3.32. The van der Waals surface area contributed by atoms with Gasteiger partial charge in [-0.15, -0.1) is 0 Å². The lowest BCUT2D eigenvalue weighted by Gasteiger charge is -2.35. The zero-order valence-corrected chi connectivity index (χ0v) is 22.0. The highest BCUT2D eigenvalue weighted by molar-refractivity contribution is 6.25. The first-order chi connectivity index (χ1) is 17.5. The van der Waals surface area contributed by atoms with Gasteiger partial charge >= 0.3 is 6.09 Å². The zero-order chi connectivity index (χ0) is 26.9.